The second kappa shape index (κ2) is 11.5. The molecule has 0 saturated carbocycles. The summed E-state index contributed by atoms with van der Waals surface area (Å²) in [5.74, 6) is 0.495. The van der Waals surface area contributed by atoms with Gasteiger partial charge in [-0.05, 0) is 63.3 Å². The minimum atomic E-state index is -0.165. The fourth-order valence-electron chi connectivity index (χ4n) is 4.88. The Hall–Kier alpha value is -3.89. The molecule has 10 heteroatoms. The van der Waals surface area contributed by atoms with Crippen LogP contribution in [0.25, 0.3) is 16.9 Å². The molecule has 0 radical (unpaired) electrons. The van der Waals surface area contributed by atoms with E-state index < -0.39 is 0 Å². The van der Waals surface area contributed by atoms with Crippen LogP contribution >= 0.6 is 11.3 Å². The summed E-state index contributed by atoms with van der Waals surface area (Å²) in [6.07, 6.45) is 0.936. The third kappa shape index (κ3) is 5.35. The van der Waals surface area contributed by atoms with E-state index in [0.29, 0.717) is 17.1 Å². The zero-order valence-corrected chi connectivity index (χ0v) is 23.6. The second-order valence-electron chi connectivity index (χ2n) is 9.51. The largest absolute Gasteiger partial charge is 0.482 e. The number of amides is 1. The Bertz CT molecular complexity index is 1610. The van der Waals surface area contributed by atoms with Crippen molar-refractivity contribution in [1.82, 2.24) is 18.8 Å². The average molecular weight is 547 g/mol. The summed E-state index contributed by atoms with van der Waals surface area (Å²) in [6, 6.07) is 15.4. The van der Waals surface area contributed by atoms with E-state index in [9.17, 15) is 9.59 Å². The number of para-hydroxylation sites is 1. The summed E-state index contributed by atoms with van der Waals surface area (Å²) >= 11 is 1.51. The van der Waals surface area contributed by atoms with Crippen LogP contribution in [0, 0.1) is 6.92 Å². The van der Waals surface area contributed by atoms with Crippen LogP contribution < -0.4 is 20.4 Å². The van der Waals surface area contributed by atoms with Crippen LogP contribution in [-0.4, -0.2) is 51.0 Å². The average Bonchev–Trinajstić information content (AvgIpc) is 3.44. The van der Waals surface area contributed by atoms with Crippen LogP contribution in [0.1, 0.15) is 26.0 Å². The van der Waals surface area contributed by atoms with Crippen LogP contribution in [0.4, 0.5) is 11.4 Å². The van der Waals surface area contributed by atoms with Gasteiger partial charge in [-0.2, -0.15) is 0 Å². The molecule has 4 aromatic rings. The van der Waals surface area contributed by atoms with E-state index in [1.165, 1.54) is 11.3 Å². The van der Waals surface area contributed by atoms with Crippen LogP contribution in [0.2, 0.25) is 0 Å². The van der Waals surface area contributed by atoms with E-state index >= 15 is 0 Å². The maximum Gasteiger partial charge on any atom is 0.297 e. The summed E-state index contributed by atoms with van der Waals surface area (Å²) in [7, 11) is 1.88. The van der Waals surface area contributed by atoms with Gasteiger partial charge in [0.05, 0.1) is 22.8 Å². The smallest absolute Gasteiger partial charge is 0.297 e. The Balaban J connectivity index is 1.60. The molecule has 204 valence electrons. The first-order valence-corrected chi connectivity index (χ1v) is 14.2. The number of fused-ring (bicyclic) bond motifs is 1. The Labute approximate surface area is 231 Å². The molecule has 9 nitrogen and oxygen atoms in total. The monoisotopic (exact) mass is 546 g/mol. The van der Waals surface area contributed by atoms with Crippen molar-refractivity contribution in [3.63, 3.8) is 0 Å². The Morgan fingerprint density at radius 1 is 1.10 bits per heavy atom. The van der Waals surface area contributed by atoms with Crippen LogP contribution in [-0.2, 0) is 18.4 Å². The van der Waals surface area contributed by atoms with Crippen molar-refractivity contribution in [3.05, 3.63) is 74.8 Å². The van der Waals surface area contributed by atoms with Gasteiger partial charge in [-0.3, -0.25) is 14.3 Å². The van der Waals surface area contributed by atoms with Gasteiger partial charge in [0.2, 0.25) is 0 Å². The summed E-state index contributed by atoms with van der Waals surface area (Å²) < 4.78 is 11.2. The molecule has 3 heterocycles. The number of thiazole rings is 1. The molecule has 1 aliphatic heterocycles. The van der Waals surface area contributed by atoms with E-state index in [0.717, 1.165) is 60.0 Å². The number of carbonyl (C=O) groups excluding carboxylic acids is 1. The van der Waals surface area contributed by atoms with Gasteiger partial charge in [-0.1, -0.05) is 32.0 Å². The normalized spacial score (nSPS) is 13.5. The van der Waals surface area contributed by atoms with Crippen molar-refractivity contribution in [2.45, 2.75) is 33.7 Å². The number of benzene rings is 2. The molecule has 0 aliphatic carbocycles. The lowest BCUT2D eigenvalue weighted by atomic mass is 10.1. The summed E-state index contributed by atoms with van der Waals surface area (Å²) in [6.45, 7) is 10.0. The summed E-state index contributed by atoms with van der Waals surface area (Å²) in [4.78, 5) is 33.6. The van der Waals surface area contributed by atoms with E-state index in [2.05, 4.69) is 34.0 Å². The molecule has 0 atom stereocenters. The zero-order chi connectivity index (χ0) is 27.5. The van der Waals surface area contributed by atoms with Gasteiger partial charge in [0.25, 0.3) is 11.5 Å². The third-order valence-electron chi connectivity index (χ3n) is 7.19. The maximum absolute atomic E-state index is 13.6. The van der Waals surface area contributed by atoms with Crippen LogP contribution in [0.3, 0.4) is 0 Å². The fourth-order valence-corrected chi connectivity index (χ4v) is 5.82. The molecule has 0 saturated heterocycles. The second-order valence-corrected chi connectivity index (χ2v) is 10.3. The van der Waals surface area contributed by atoms with E-state index in [4.69, 9.17) is 9.73 Å². The molecule has 1 aliphatic rings. The summed E-state index contributed by atoms with van der Waals surface area (Å²) in [5.41, 5.74) is 4.46. The maximum atomic E-state index is 13.6. The highest BCUT2D eigenvalue weighted by atomic mass is 32.1. The molecular weight excluding hydrogens is 512 g/mol. The molecule has 0 fully saturated rings. The number of anilines is 1. The van der Waals surface area contributed by atoms with Gasteiger partial charge in [-0.25, -0.2) is 9.67 Å². The minimum absolute atomic E-state index is 0.0239. The van der Waals surface area contributed by atoms with Gasteiger partial charge in [0.1, 0.15) is 5.75 Å². The highest BCUT2D eigenvalue weighted by Crippen LogP contribution is 2.33. The van der Waals surface area contributed by atoms with Gasteiger partial charge in [0, 0.05) is 24.5 Å². The van der Waals surface area contributed by atoms with E-state index in [1.54, 1.807) is 4.68 Å². The van der Waals surface area contributed by atoms with Gasteiger partial charge < -0.3 is 19.5 Å². The molecule has 0 bridgehead atoms. The van der Waals surface area contributed by atoms with Gasteiger partial charge >= 0.3 is 0 Å². The van der Waals surface area contributed by atoms with Gasteiger partial charge in [0.15, 0.2) is 17.1 Å². The highest BCUT2D eigenvalue weighted by molar-refractivity contribution is 7.07. The molecule has 2 aromatic carbocycles. The first kappa shape index (κ1) is 26.7. The zero-order valence-electron chi connectivity index (χ0n) is 22.8. The number of nitrogens with one attached hydrogen (secondary N) is 1. The lowest BCUT2D eigenvalue weighted by Gasteiger charge is -2.20. The Morgan fingerprint density at radius 2 is 1.87 bits per heavy atom. The number of carbonyl (C=O) groups is 1. The molecular formula is C29H34N6O3S. The van der Waals surface area contributed by atoms with Gasteiger partial charge in [-0.15, -0.1) is 11.3 Å². The third-order valence-corrected chi connectivity index (χ3v) is 8.05. The lowest BCUT2D eigenvalue weighted by molar-refractivity contribution is -0.118. The van der Waals surface area contributed by atoms with Crippen LogP contribution in [0.15, 0.2) is 63.7 Å². The van der Waals surface area contributed by atoms with Crippen LogP contribution in [0.5, 0.6) is 5.75 Å². The van der Waals surface area contributed by atoms with Crippen molar-refractivity contribution >= 4 is 28.6 Å². The van der Waals surface area contributed by atoms with Crippen molar-refractivity contribution in [2.24, 2.45) is 12.0 Å². The highest BCUT2D eigenvalue weighted by Gasteiger charge is 2.19. The van der Waals surface area contributed by atoms with Crippen molar-refractivity contribution in [2.75, 3.05) is 31.6 Å². The molecule has 5 rings (SSSR count). The van der Waals surface area contributed by atoms with E-state index in [1.807, 2.05) is 67.2 Å². The van der Waals surface area contributed by atoms with Crippen molar-refractivity contribution < 1.29 is 9.53 Å². The predicted octanol–water partition coefficient (Wildman–Crippen LogP) is 4.31. The number of hydrogen-bond acceptors (Lipinski definition) is 6. The number of rotatable bonds is 9. The lowest BCUT2D eigenvalue weighted by Crippen LogP contribution is -2.26. The van der Waals surface area contributed by atoms with Crippen molar-refractivity contribution in [3.8, 4) is 22.7 Å². The minimum Gasteiger partial charge on any atom is -0.482 e. The summed E-state index contributed by atoms with van der Waals surface area (Å²) in [5, 5.41) is 4.97. The fraction of sp³-hybridized carbons (Fsp3) is 0.345. The predicted molar refractivity (Wildman–Crippen MR) is 155 cm³/mol. The number of ether oxygens (including phenoxy) is 1. The molecule has 2 aromatic heterocycles. The van der Waals surface area contributed by atoms with E-state index in [-0.39, 0.29) is 18.1 Å². The molecule has 0 spiro atoms. The number of nitrogens with zero attached hydrogens (tertiary/aromatic N) is 5. The standard InChI is InChI=1S/C29H34N6O3S/c1-5-33(6-2)15-10-16-34-24(21-13-14-25-23(17-21)30-26(36)18-38-25)19-39-29(34)31-27-20(3)32(4)35(28(27)37)22-11-8-7-9-12-22/h7-9,11-14,17,19H,5-6,10,15-16,18H2,1-4H3,(H,30,36). The first-order chi connectivity index (χ1) is 18.9. The first-order valence-electron chi connectivity index (χ1n) is 13.3. The SMILES string of the molecule is CCN(CC)CCCn1c(-c2ccc3c(c2)NC(=O)CO3)csc1=Nc1c(C)n(C)n(-c2ccccc2)c1=O. The molecule has 39 heavy (non-hydrogen) atoms. The quantitative estimate of drug-likeness (QED) is 0.339. The molecule has 1 N–H and O–H groups in total. The topological polar surface area (TPSA) is 85.8 Å². The Kier molecular flexibility index (Phi) is 7.85. The van der Waals surface area contributed by atoms with Crippen molar-refractivity contribution in [1.29, 1.82) is 0 Å². The number of aromatic nitrogens is 3. The molecule has 1 amide bonds. The Morgan fingerprint density at radius 3 is 2.62 bits per heavy atom. The number of hydrogen-bond donors (Lipinski definition) is 1. The molecule has 0 unspecified atom stereocenters.